The van der Waals surface area contributed by atoms with E-state index in [0.29, 0.717) is 17.8 Å². The van der Waals surface area contributed by atoms with E-state index < -0.39 is 28.0 Å². The fourth-order valence-electron chi connectivity index (χ4n) is 1.56. The van der Waals surface area contributed by atoms with Gasteiger partial charge in [0.15, 0.2) is 17.4 Å². The van der Waals surface area contributed by atoms with E-state index in [1.807, 2.05) is 0 Å². The molecule has 0 fully saturated rings. The summed E-state index contributed by atoms with van der Waals surface area (Å²) < 4.78 is 32.0. The lowest BCUT2D eigenvalue weighted by atomic mass is 10.3. The van der Waals surface area contributed by atoms with Crippen LogP contribution in [0.1, 0.15) is 11.5 Å². The molecule has 0 amide bonds. The number of aryl methyl sites for hydroxylation is 1. The molecule has 0 N–H and O–H groups in total. The molecule has 0 atom stereocenters. The third-order valence-electron chi connectivity index (χ3n) is 2.42. The van der Waals surface area contributed by atoms with Crippen LogP contribution in [-0.2, 0) is 6.61 Å². The summed E-state index contributed by atoms with van der Waals surface area (Å²) >= 11 is 5.73. The van der Waals surface area contributed by atoms with Crippen LogP contribution >= 0.6 is 11.6 Å². The fraction of sp³-hybridized carbons (Fsp3) is 0.167. The van der Waals surface area contributed by atoms with Crippen molar-refractivity contribution in [2.24, 2.45) is 0 Å². The molecule has 2 rings (SSSR count). The summed E-state index contributed by atoms with van der Waals surface area (Å²) in [5, 5.41) is 10.7. The number of hydrogen-bond acceptors (Lipinski definition) is 5. The van der Waals surface area contributed by atoms with Crippen molar-refractivity contribution in [2.45, 2.75) is 13.5 Å². The van der Waals surface area contributed by atoms with Gasteiger partial charge in [-0.05, 0) is 13.0 Å². The molecule has 0 saturated carbocycles. The van der Waals surface area contributed by atoms with Crippen molar-refractivity contribution >= 4 is 17.3 Å². The average molecular weight is 316 g/mol. The zero-order chi connectivity index (χ0) is 15.6. The van der Waals surface area contributed by atoms with Crippen LogP contribution in [0.15, 0.2) is 18.2 Å². The highest BCUT2D eigenvalue weighted by Gasteiger charge is 2.19. The number of rotatable bonds is 4. The maximum absolute atomic E-state index is 13.6. The molecule has 1 aromatic carbocycles. The summed E-state index contributed by atoms with van der Waals surface area (Å²) in [4.78, 5) is 17.3. The molecule has 0 bridgehead atoms. The molecule has 0 aliphatic heterocycles. The van der Waals surface area contributed by atoms with Gasteiger partial charge in [-0.1, -0.05) is 11.6 Å². The second-order valence-corrected chi connectivity index (χ2v) is 4.42. The third-order valence-corrected chi connectivity index (χ3v) is 2.62. The van der Waals surface area contributed by atoms with Crippen molar-refractivity contribution in [3.8, 4) is 5.75 Å². The van der Waals surface area contributed by atoms with Gasteiger partial charge >= 0.3 is 5.69 Å². The number of halogens is 3. The van der Waals surface area contributed by atoms with Crippen LogP contribution in [-0.4, -0.2) is 14.9 Å². The molecule has 0 aliphatic carbocycles. The van der Waals surface area contributed by atoms with Gasteiger partial charge in [0.05, 0.1) is 11.0 Å². The standard InChI is InChI=1S/C12H8ClF2N3O3/c1-6-2-11(13)17-12(16-6)5-21-10-4-7(14)9(18(19)20)3-8(10)15/h2-4H,5H2,1H3. The second-order valence-electron chi connectivity index (χ2n) is 4.03. The predicted octanol–water partition coefficient (Wildman–Crippen LogP) is 3.20. The first-order chi connectivity index (χ1) is 9.86. The average Bonchev–Trinajstić information content (AvgIpc) is 2.38. The normalized spacial score (nSPS) is 10.5. The zero-order valence-electron chi connectivity index (χ0n) is 10.6. The summed E-state index contributed by atoms with van der Waals surface area (Å²) in [7, 11) is 0. The Morgan fingerprint density at radius 2 is 2.00 bits per heavy atom. The number of ether oxygens (including phenoxy) is 1. The molecule has 0 saturated heterocycles. The highest BCUT2D eigenvalue weighted by molar-refractivity contribution is 6.29. The number of benzene rings is 1. The summed E-state index contributed by atoms with van der Waals surface area (Å²) in [5.41, 5.74) is -0.376. The van der Waals surface area contributed by atoms with Gasteiger partial charge in [-0.3, -0.25) is 10.1 Å². The number of nitro benzene ring substituents is 1. The lowest BCUT2D eigenvalue weighted by Gasteiger charge is -2.07. The molecule has 9 heteroatoms. The molecule has 0 aliphatic rings. The van der Waals surface area contributed by atoms with Crippen molar-refractivity contribution in [1.29, 1.82) is 0 Å². The molecule has 0 spiro atoms. The minimum absolute atomic E-state index is 0.179. The highest BCUT2D eigenvalue weighted by Crippen LogP contribution is 2.26. The minimum Gasteiger partial charge on any atom is -0.482 e. The number of nitro groups is 1. The largest absolute Gasteiger partial charge is 0.482 e. The maximum atomic E-state index is 13.6. The van der Waals surface area contributed by atoms with Crippen molar-refractivity contribution < 1.29 is 18.4 Å². The summed E-state index contributed by atoms with van der Waals surface area (Å²) in [6, 6.07) is 2.58. The smallest absolute Gasteiger partial charge is 0.307 e. The minimum atomic E-state index is -1.19. The van der Waals surface area contributed by atoms with Gasteiger partial charge in [-0.25, -0.2) is 14.4 Å². The van der Waals surface area contributed by atoms with E-state index in [0.717, 1.165) is 0 Å². The van der Waals surface area contributed by atoms with Crippen molar-refractivity contribution in [3.63, 3.8) is 0 Å². The van der Waals surface area contributed by atoms with E-state index in [1.165, 1.54) is 6.07 Å². The van der Waals surface area contributed by atoms with Gasteiger partial charge < -0.3 is 4.74 Å². The quantitative estimate of drug-likeness (QED) is 0.492. The molecule has 1 aromatic heterocycles. The third kappa shape index (κ3) is 3.60. The second kappa shape index (κ2) is 5.96. The van der Waals surface area contributed by atoms with Crippen LogP contribution in [0.25, 0.3) is 0 Å². The molecule has 0 unspecified atom stereocenters. The van der Waals surface area contributed by atoms with Crippen LogP contribution in [0.4, 0.5) is 14.5 Å². The summed E-state index contributed by atoms with van der Waals surface area (Å²) in [6.45, 7) is 1.43. The molecule has 2 aromatic rings. The van der Waals surface area contributed by atoms with Gasteiger partial charge in [0.25, 0.3) is 0 Å². The van der Waals surface area contributed by atoms with Gasteiger partial charge in [-0.2, -0.15) is 4.39 Å². The number of nitrogens with zero attached hydrogens (tertiary/aromatic N) is 3. The molecule has 6 nitrogen and oxygen atoms in total. The molecular formula is C12H8ClF2N3O3. The Kier molecular flexibility index (Phi) is 4.27. The molecular weight excluding hydrogens is 308 g/mol. The predicted molar refractivity (Wildman–Crippen MR) is 69.1 cm³/mol. The van der Waals surface area contributed by atoms with Crippen molar-refractivity contribution in [1.82, 2.24) is 9.97 Å². The molecule has 1 heterocycles. The Morgan fingerprint density at radius 1 is 1.29 bits per heavy atom. The molecule has 0 radical (unpaired) electrons. The Balaban J connectivity index is 2.20. The van der Waals surface area contributed by atoms with Crippen LogP contribution < -0.4 is 4.74 Å². The van der Waals surface area contributed by atoms with E-state index in [4.69, 9.17) is 16.3 Å². The molecule has 110 valence electrons. The SMILES string of the molecule is Cc1cc(Cl)nc(COc2cc(F)c([N+](=O)[O-])cc2F)n1. The van der Waals surface area contributed by atoms with Gasteiger partial charge in [0.1, 0.15) is 11.8 Å². The first-order valence-electron chi connectivity index (χ1n) is 5.63. The van der Waals surface area contributed by atoms with Gasteiger partial charge in [0.2, 0.25) is 5.82 Å². The monoisotopic (exact) mass is 315 g/mol. The number of aromatic nitrogens is 2. The Morgan fingerprint density at radius 3 is 2.62 bits per heavy atom. The molecule has 21 heavy (non-hydrogen) atoms. The summed E-state index contributed by atoms with van der Waals surface area (Å²) in [6.07, 6.45) is 0. The lowest BCUT2D eigenvalue weighted by molar-refractivity contribution is -0.387. The Hall–Kier alpha value is -2.35. The van der Waals surface area contributed by atoms with Gasteiger partial charge in [-0.15, -0.1) is 0 Å². The van der Waals surface area contributed by atoms with E-state index >= 15 is 0 Å². The fourth-order valence-corrected chi connectivity index (χ4v) is 1.82. The zero-order valence-corrected chi connectivity index (χ0v) is 11.4. The Labute approximate surface area is 122 Å². The van der Waals surface area contributed by atoms with Gasteiger partial charge in [0, 0.05) is 11.8 Å². The lowest BCUT2D eigenvalue weighted by Crippen LogP contribution is -2.05. The summed E-state index contributed by atoms with van der Waals surface area (Å²) in [5.74, 6) is -2.54. The highest BCUT2D eigenvalue weighted by atomic mass is 35.5. The van der Waals surface area contributed by atoms with Crippen LogP contribution in [0, 0.1) is 28.7 Å². The number of hydrogen-bond donors (Lipinski definition) is 0. The van der Waals surface area contributed by atoms with Crippen LogP contribution in [0.3, 0.4) is 0 Å². The topological polar surface area (TPSA) is 78.2 Å². The van der Waals surface area contributed by atoms with E-state index in [1.54, 1.807) is 6.92 Å². The first-order valence-corrected chi connectivity index (χ1v) is 6.01. The maximum Gasteiger partial charge on any atom is 0.307 e. The van der Waals surface area contributed by atoms with Crippen molar-refractivity contribution in [3.05, 3.63) is 56.6 Å². The van der Waals surface area contributed by atoms with E-state index in [2.05, 4.69) is 9.97 Å². The first kappa shape index (κ1) is 15.0. The van der Waals surface area contributed by atoms with E-state index in [9.17, 15) is 18.9 Å². The van der Waals surface area contributed by atoms with Crippen LogP contribution in [0.2, 0.25) is 5.15 Å². The van der Waals surface area contributed by atoms with Crippen molar-refractivity contribution in [2.75, 3.05) is 0 Å². The van der Waals surface area contributed by atoms with E-state index in [-0.39, 0.29) is 17.6 Å². The Bertz CT molecular complexity index is 692. The van der Waals surface area contributed by atoms with Crippen LogP contribution in [0.5, 0.6) is 5.75 Å².